The number of para-hydroxylation sites is 1. The van der Waals surface area contributed by atoms with Gasteiger partial charge in [-0.05, 0) is 17.9 Å². The van der Waals surface area contributed by atoms with Gasteiger partial charge >= 0.3 is 0 Å². The first-order valence-electron chi connectivity index (χ1n) is 8.65. The number of fused-ring (bicyclic) bond motifs is 3. The second kappa shape index (κ2) is 7.51. The predicted molar refractivity (Wildman–Crippen MR) is 104 cm³/mol. The van der Waals surface area contributed by atoms with Crippen LogP contribution in [-0.4, -0.2) is 33.3 Å². The molecule has 1 aliphatic rings. The highest BCUT2D eigenvalue weighted by atomic mass is 32.2. The topological polar surface area (TPSA) is 108 Å². The van der Waals surface area contributed by atoms with E-state index in [4.69, 9.17) is 4.74 Å². The Kier molecular flexibility index (Phi) is 4.89. The van der Waals surface area contributed by atoms with E-state index >= 15 is 0 Å². The van der Waals surface area contributed by atoms with Gasteiger partial charge in [0, 0.05) is 18.1 Å². The normalized spacial score (nSPS) is 15.0. The van der Waals surface area contributed by atoms with E-state index in [0.717, 1.165) is 0 Å². The first-order valence-corrected chi connectivity index (χ1v) is 9.88. The molecule has 0 unspecified atom stereocenters. The number of carboxylic acids is 1. The Hall–Kier alpha value is -3.46. The highest BCUT2D eigenvalue weighted by Crippen LogP contribution is 2.43. The summed E-state index contributed by atoms with van der Waals surface area (Å²) < 4.78 is 6.16. The monoisotopic (exact) mass is 407 g/mol. The van der Waals surface area contributed by atoms with Gasteiger partial charge in [-0.25, -0.2) is 0 Å². The first-order chi connectivity index (χ1) is 14.0. The number of ether oxygens (including phenoxy) is 1. The van der Waals surface area contributed by atoms with Crippen molar-refractivity contribution in [3.8, 4) is 17.1 Å². The van der Waals surface area contributed by atoms with Gasteiger partial charge in [-0.3, -0.25) is 9.69 Å². The molecule has 1 amide bonds. The molecule has 0 spiro atoms. The van der Waals surface area contributed by atoms with Crippen LogP contribution in [0.1, 0.15) is 29.1 Å². The third-order valence-corrected chi connectivity index (χ3v) is 5.00. The van der Waals surface area contributed by atoms with E-state index in [9.17, 15) is 14.7 Å². The molecule has 0 saturated heterocycles. The minimum atomic E-state index is -1.28. The van der Waals surface area contributed by atoms with Gasteiger partial charge in [0.15, 0.2) is 5.69 Å². The largest absolute Gasteiger partial charge is 0.545 e. The SMILES string of the molecule is CSc1nnc2c(n1)O[C@@H](c1ccc(C(=O)[O-])cc1)N(C(C)=O)c1ccccc1-2. The smallest absolute Gasteiger partial charge is 0.247 e. The Bertz CT molecular complexity index is 1100. The van der Waals surface area contributed by atoms with E-state index < -0.39 is 12.2 Å². The van der Waals surface area contributed by atoms with E-state index in [1.807, 2.05) is 24.5 Å². The molecule has 8 nitrogen and oxygen atoms in total. The number of hydrogen-bond acceptors (Lipinski definition) is 8. The Balaban J connectivity index is 1.92. The van der Waals surface area contributed by atoms with Crippen LogP contribution >= 0.6 is 11.8 Å². The molecule has 0 N–H and O–H groups in total. The molecule has 0 saturated carbocycles. The first kappa shape index (κ1) is 18.9. The van der Waals surface area contributed by atoms with Crippen molar-refractivity contribution in [3.63, 3.8) is 0 Å². The van der Waals surface area contributed by atoms with Gasteiger partial charge in [-0.1, -0.05) is 54.2 Å². The fraction of sp³-hybridized carbons (Fsp3) is 0.150. The van der Waals surface area contributed by atoms with Crippen LogP contribution in [0.2, 0.25) is 0 Å². The van der Waals surface area contributed by atoms with Crippen molar-refractivity contribution >= 4 is 29.3 Å². The van der Waals surface area contributed by atoms with Gasteiger partial charge in [0.2, 0.25) is 23.2 Å². The second-order valence-corrected chi connectivity index (χ2v) is 7.01. The maximum atomic E-state index is 12.6. The number of anilines is 1. The molecule has 1 aliphatic heterocycles. The highest BCUT2D eigenvalue weighted by Gasteiger charge is 2.34. The van der Waals surface area contributed by atoms with Crippen molar-refractivity contribution in [1.82, 2.24) is 15.2 Å². The predicted octanol–water partition coefficient (Wildman–Crippen LogP) is 2.07. The minimum Gasteiger partial charge on any atom is -0.545 e. The van der Waals surface area contributed by atoms with Crippen LogP contribution in [-0.2, 0) is 4.79 Å². The summed E-state index contributed by atoms with van der Waals surface area (Å²) in [5.41, 5.74) is 2.31. The van der Waals surface area contributed by atoms with Crippen molar-refractivity contribution in [2.75, 3.05) is 11.2 Å². The minimum absolute atomic E-state index is 0.0335. The van der Waals surface area contributed by atoms with Gasteiger partial charge in [-0.15, -0.1) is 10.2 Å². The third kappa shape index (κ3) is 3.40. The second-order valence-electron chi connectivity index (χ2n) is 6.24. The van der Waals surface area contributed by atoms with E-state index in [1.165, 1.54) is 35.7 Å². The molecule has 3 aromatic rings. The molecule has 9 heteroatoms. The average molecular weight is 407 g/mol. The van der Waals surface area contributed by atoms with Crippen LogP contribution in [0.25, 0.3) is 11.3 Å². The number of thioether (sulfide) groups is 1. The van der Waals surface area contributed by atoms with Crippen molar-refractivity contribution in [1.29, 1.82) is 0 Å². The molecule has 0 radical (unpaired) electrons. The number of carboxylic acid groups (broad SMARTS) is 1. The molecular weight excluding hydrogens is 392 g/mol. The van der Waals surface area contributed by atoms with Crippen LogP contribution < -0.4 is 14.7 Å². The molecule has 29 heavy (non-hydrogen) atoms. The van der Waals surface area contributed by atoms with Crippen LogP contribution in [0.4, 0.5) is 5.69 Å². The molecule has 1 aromatic heterocycles. The van der Waals surface area contributed by atoms with Gasteiger partial charge in [-0.2, -0.15) is 4.98 Å². The van der Waals surface area contributed by atoms with Gasteiger partial charge in [0.25, 0.3) is 0 Å². The zero-order valence-corrected chi connectivity index (χ0v) is 16.3. The lowest BCUT2D eigenvalue weighted by molar-refractivity contribution is -0.255. The molecular formula is C20H15N4O4S-. The number of benzene rings is 2. The molecule has 2 aromatic carbocycles. The van der Waals surface area contributed by atoms with Crippen molar-refractivity contribution in [2.24, 2.45) is 0 Å². The van der Waals surface area contributed by atoms with E-state index in [0.29, 0.717) is 27.7 Å². The van der Waals surface area contributed by atoms with Crippen LogP contribution in [0.15, 0.2) is 53.7 Å². The Morgan fingerprint density at radius 1 is 1.10 bits per heavy atom. The third-order valence-electron chi connectivity index (χ3n) is 4.47. The number of carbonyl (C=O) groups excluding carboxylic acids is 2. The highest BCUT2D eigenvalue weighted by molar-refractivity contribution is 7.98. The van der Waals surface area contributed by atoms with Gasteiger partial charge < -0.3 is 14.6 Å². The molecule has 4 rings (SSSR count). The molecule has 2 heterocycles. The molecule has 146 valence electrons. The quantitative estimate of drug-likeness (QED) is 0.607. The molecule has 1 atom stereocenters. The van der Waals surface area contributed by atoms with Crippen molar-refractivity contribution < 1.29 is 19.4 Å². The van der Waals surface area contributed by atoms with Crippen LogP contribution in [0.5, 0.6) is 5.88 Å². The fourth-order valence-corrected chi connectivity index (χ4v) is 3.44. The van der Waals surface area contributed by atoms with Crippen LogP contribution in [0, 0.1) is 0 Å². The fourth-order valence-electron chi connectivity index (χ4n) is 3.14. The van der Waals surface area contributed by atoms with Gasteiger partial charge in [0.1, 0.15) is 0 Å². The van der Waals surface area contributed by atoms with E-state index in [2.05, 4.69) is 15.2 Å². The summed E-state index contributed by atoms with van der Waals surface area (Å²) in [5.74, 6) is -1.29. The summed E-state index contributed by atoms with van der Waals surface area (Å²) in [5, 5.41) is 19.9. The number of rotatable bonds is 3. The van der Waals surface area contributed by atoms with E-state index in [1.54, 1.807) is 18.2 Å². The van der Waals surface area contributed by atoms with Crippen LogP contribution in [0.3, 0.4) is 0 Å². The molecule has 0 fully saturated rings. The Labute approximate surface area is 170 Å². The lowest BCUT2D eigenvalue weighted by Gasteiger charge is -2.30. The summed E-state index contributed by atoms with van der Waals surface area (Å²) in [6.07, 6.45) is 0.962. The number of carbonyl (C=O) groups is 2. The average Bonchev–Trinajstić information content (AvgIpc) is 2.87. The summed E-state index contributed by atoms with van der Waals surface area (Å²) in [4.78, 5) is 29.6. The van der Waals surface area contributed by atoms with Crippen molar-refractivity contribution in [2.45, 2.75) is 18.3 Å². The zero-order chi connectivity index (χ0) is 20.5. The Morgan fingerprint density at radius 2 is 1.83 bits per heavy atom. The molecule has 0 bridgehead atoms. The summed E-state index contributed by atoms with van der Waals surface area (Å²) >= 11 is 1.32. The maximum Gasteiger partial charge on any atom is 0.247 e. The number of amides is 1. The number of hydrogen-bond donors (Lipinski definition) is 0. The standard InChI is InChI=1S/C20H16N4O4S/c1-11(25)24-15-6-4-3-5-14(15)16-17(21-20(29-2)23-22-16)28-18(24)12-7-9-13(10-8-12)19(26)27/h3-10,18H,1-2H3,(H,26,27)/p-1/t18-/m0/s1. The number of nitrogens with zero attached hydrogens (tertiary/aromatic N) is 4. The maximum absolute atomic E-state index is 12.6. The Morgan fingerprint density at radius 3 is 2.48 bits per heavy atom. The lowest BCUT2D eigenvalue weighted by atomic mass is 10.1. The number of aromatic carboxylic acids is 1. The summed E-state index contributed by atoms with van der Waals surface area (Å²) in [7, 11) is 0. The van der Waals surface area contributed by atoms with E-state index in [-0.39, 0.29) is 17.4 Å². The van der Waals surface area contributed by atoms with Gasteiger partial charge in [0.05, 0.1) is 11.7 Å². The lowest BCUT2D eigenvalue weighted by Crippen LogP contribution is -2.36. The molecule has 0 aliphatic carbocycles. The summed E-state index contributed by atoms with van der Waals surface area (Å²) in [6, 6.07) is 13.3. The summed E-state index contributed by atoms with van der Waals surface area (Å²) in [6.45, 7) is 1.44. The van der Waals surface area contributed by atoms with Crippen molar-refractivity contribution in [3.05, 3.63) is 59.7 Å². The number of aromatic nitrogens is 3. The zero-order valence-electron chi connectivity index (χ0n) is 15.5.